The van der Waals surface area contributed by atoms with Gasteiger partial charge in [-0.2, -0.15) is 0 Å². The van der Waals surface area contributed by atoms with Gasteiger partial charge in [0.25, 0.3) is 5.69 Å². The predicted molar refractivity (Wildman–Crippen MR) is 114 cm³/mol. The van der Waals surface area contributed by atoms with Gasteiger partial charge in [-0.25, -0.2) is 8.42 Å². The van der Waals surface area contributed by atoms with E-state index in [9.17, 15) is 23.3 Å². The number of aryl methyl sites for hydroxylation is 1. The number of anilines is 1. The van der Waals surface area contributed by atoms with Crippen LogP contribution in [0, 0.1) is 17.0 Å². The second kappa shape index (κ2) is 9.12. The summed E-state index contributed by atoms with van der Waals surface area (Å²) in [5, 5.41) is 13.9. The lowest BCUT2D eigenvalue weighted by molar-refractivity contribution is -0.384. The lowest BCUT2D eigenvalue weighted by Crippen LogP contribution is -2.48. The number of para-hydroxylation sites is 1. The smallest absolute Gasteiger partial charge is 0.271 e. The summed E-state index contributed by atoms with van der Waals surface area (Å²) in [5.74, 6) is 0.0391. The highest BCUT2D eigenvalue weighted by atomic mass is 32.2. The van der Waals surface area contributed by atoms with Gasteiger partial charge >= 0.3 is 0 Å². The molecule has 0 bridgehead atoms. The van der Waals surface area contributed by atoms with E-state index in [2.05, 4.69) is 5.32 Å². The zero-order valence-electron chi connectivity index (χ0n) is 17.4. The molecule has 2 rings (SSSR count). The van der Waals surface area contributed by atoms with Gasteiger partial charge in [0.1, 0.15) is 11.8 Å². The topological polar surface area (TPSA) is 119 Å². The molecule has 1 N–H and O–H groups in total. The van der Waals surface area contributed by atoms with Crippen molar-refractivity contribution in [3.05, 3.63) is 63.7 Å². The van der Waals surface area contributed by atoms with Gasteiger partial charge in [0.15, 0.2) is 0 Å². The number of carbonyl (C=O) groups excluding carboxylic acids is 1. The number of nitrogens with one attached hydrogen (secondary N) is 1. The molecule has 2 atom stereocenters. The molecule has 0 aromatic heterocycles. The highest BCUT2D eigenvalue weighted by Gasteiger charge is 2.32. The van der Waals surface area contributed by atoms with E-state index in [1.165, 1.54) is 26.2 Å². The second-order valence-electron chi connectivity index (χ2n) is 6.93. The first kappa shape index (κ1) is 23.1. The van der Waals surface area contributed by atoms with E-state index < -0.39 is 32.9 Å². The van der Waals surface area contributed by atoms with Crippen molar-refractivity contribution in [3.63, 3.8) is 0 Å². The van der Waals surface area contributed by atoms with Crippen molar-refractivity contribution in [2.24, 2.45) is 0 Å². The number of carbonyl (C=O) groups is 1. The van der Waals surface area contributed by atoms with Crippen LogP contribution in [0.3, 0.4) is 0 Å². The van der Waals surface area contributed by atoms with Crippen molar-refractivity contribution < 1.29 is 22.9 Å². The number of nitro groups is 1. The van der Waals surface area contributed by atoms with Crippen LogP contribution in [0.1, 0.15) is 31.0 Å². The van der Waals surface area contributed by atoms with E-state index in [1.54, 1.807) is 38.1 Å². The maximum atomic E-state index is 12.9. The number of nitrogens with zero attached hydrogens (tertiary/aromatic N) is 2. The molecular weight excluding hydrogens is 410 g/mol. The van der Waals surface area contributed by atoms with Crippen LogP contribution < -0.4 is 14.4 Å². The number of benzene rings is 2. The number of non-ortho nitro benzene ring substituents is 1. The Hall–Kier alpha value is -3.14. The molecule has 30 heavy (non-hydrogen) atoms. The van der Waals surface area contributed by atoms with Crippen LogP contribution in [-0.2, 0) is 14.8 Å². The summed E-state index contributed by atoms with van der Waals surface area (Å²) in [6.07, 6.45) is 0.957. The minimum absolute atomic E-state index is 0.0827. The molecule has 0 aliphatic heterocycles. The van der Waals surface area contributed by atoms with Gasteiger partial charge in [0.05, 0.1) is 30.0 Å². The molecule has 10 heteroatoms. The third-order valence-corrected chi connectivity index (χ3v) is 5.92. The van der Waals surface area contributed by atoms with Crippen LogP contribution in [-0.4, -0.2) is 38.7 Å². The summed E-state index contributed by atoms with van der Waals surface area (Å²) in [7, 11) is -2.39. The van der Waals surface area contributed by atoms with E-state index in [4.69, 9.17) is 4.74 Å². The van der Waals surface area contributed by atoms with Crippen molar-refractivity contribution in [1.29, 1.82) is 0 Å². The summed E-state index contributed by atoms with van der Waals surface area (Å²) in [6.45, 7) is 4.81. The number of hydrogen-bond donors (Lipinski definition) is 1. The number of rotatable bonds is 8. The first-order chi connectivity index (χ1) is 14.0. The van der Waals surface area contributed by atoms with Gasteiger partial charge in [0.2, 0.25) is 15.9 Å². The maximum absolute atomic E-state index is 12.9. The Morgan fingerprint density at radius 1 is 1.20 bits per heavy atom. The Morgan fingerprint density at radius 2 is 1.83 bits per heavy atom. The average Bonchev–Trinajstić information content (AvgIpc) is 2.68. The van der Waals surface area contributed by atoms with Crippen LogP contribution in [0.4, 0.5) is 11.4 Å². The van der Waals surface area contributed by atoms with Crippen molar-refractivity contribution in [2.45, 2.75) is 32.9 Å². The van der Waals surface area contributed by atoms with Crippen LogP contribution in [0.2, 0.25) is 0 Å². The number of methoxy groups -OCH3 is 1. The van der Waals surface area contributed by atoms with Crippen molar-refractivity contribution in [2.75, 3.05) is 17.7 Å². The summed E-state index contributed by atoms with van der Waals surface area (Å²) in [4.78, 5) is 23.5. The Labute approximate surface area is 175 Å². The molecule has 0 radical (unpaired) electrons. The Kier molecular flexibility index (Phi) is 7.04. The van der Waals surface area contributed by atoms with Gasteiger partial charge in [-0.05, 0) is 32.4 Å². The normalized spacial score (nSPS) is 13.2. The van der Waals surface area contributed by atoms with Gasteiger partial charge in [-0.1, -0.05) is 24.3 Å². The minimum Gasteiger partial charge on any atom is -0.496 e. The summed E-state index contributed by atoms with van der Waals surface area (Å²) >= 11 is 0. The van der Waals surface area contributed by atoms with E-state index in [0.29, 0.717) is 11.3 Å². The number of sulfonamides is 1. The monoisotopic (exact) mass is 435 g/mol. The Bertz CT molecular complexity index is 1050. The fourth-order valence-electron chi connectivity index (χ4n) is 3.17. The fourth-order valence-corrected chi connectivity index (χ4v) is 4.39. The lowest BCUT2D eigenvalue weighted by atomic mass is 10.1. The highest BCUT2D eigenvalue weighted by Crippen LogP contribution is 2.30. The van der Waals surface area contributed by atoms with Crippen LogP contribution in [0.15, 0.2) is 42.5 Å². The minimum atomic E-state index is -3.92. The maximum Gasteiger partial charge on any atom is 0.271 e. The molecule has 1 amide bonds. The van der Waals surface area contributed by atoms with Crippen LogP contribution >= 0.6 is 0 Å². The standard InChI is InChI=1S/C20H25N3O6S/c1-13-10-11-16(23(25)26)12-18(13)22(30(5,27)28)15(3)20(24)21-14(2)17-8-6-7-9-19(17)29-4/h6-12,14-15H,1-5H3,(H,21,24)/t14-,15-/m1/s1. The summed E-state index contributed by atoms with van der Waals surface area (Å²) in [6, 6.07) is 9.46. The van der Waals surface area contributed by atoms with Crippen molar-refractivity contribution in [3.8, 4) is 5.75 Å². The third kappa shape index (κ3) is 5.07. The quantitative estimate of drug-likeness (QED) is 0.503. The number of amides is 1. The van der Waals surface area contributed by atoms with E-state index in [-0.39, 0.29) is 11.4 Å². The highest BCUT2D eigenvalue weighted by molar-refractivity contribution is 7.92. The Morgan fingerprint density at radius 3 is 2.40 bits per heavy atom. The summed E-state index contributed by atoms with van der Waals surface area (Å²) < 4.78 is 31.3. The van der Waals surface area contributed by atoms with Gasteiger partial charge < -0.3 is 10.1 Å². The SMILES string of the molecule is COc1ccccc1[C@@H](C)NC(=O)[C@@H](C)N(c1cc([N+](=O)[O-])ccc1C)S(C)(=O)=O. The lowest BCUT2D eigenvalue weighted by Gasteiger charge is -2.30. The van der Waals surface area contributed by atoms with Crippen molar-refractivity contribution in [1.82, 2.24) is 5.32 Å². The largest absolute Gasteiger partial charge is 0.496 e. The predicted octanol–water partition coefficient (Wildman–Crippen LogP) is 2.94. The van der Waals surface area contributed by atoms with Crippen LogP contribution in [0.25, 0.3) is 0 Å². The molecule has 0 unspecified atom stereocenters. The zero-order valence-corrected chi connectivity index (χ0v) is 18.3. The number of hydrogen-bond acceptors (Lipinski definition) is 6. The zero-order chi connectivity index (χ0) is 22.6. The first-order valence-electron chi connectivity index (χ1n) is 9.15. The number of ether oxygens (including phenoxy) is 1. The molecule has 162 valence electrons. The van der Waals surface area contributed by atoms with Crippen molar-refractivity contribution >= 4 is 27.3 Å². The first-order valence-corrected chi connectivity index (χ1v) is 11.0. The average molecular weight is 436 g/mol. The van der Waals surface area contributed by atoms with E-state index in [0.717, 1.165) is 22.2 Å². The fraction of sp³-hybridized carbons (Fsp3) is 0.350. The molecule has 0 fully saturated rings. The summed E-state index contributed by atoms with van der Waals surface area (Å²) in [5.41, 5.74) is 1.04. The molecule has 2 aromatic rings. The third-order valence-electron chi connectivity index (χ3n) is 4.69. The molecule has 0 saturated heterocycles. The van der Waals surface area contributed by atoms with Gasteiger partial charge in [0, 0.05) is 17.7 Å². The molecule has 0 saturated carbocycles. The molecule has 2 aromatic carbocycles. The molecular formula is C20H25N3O6S. The van der Waals surface area contributed by atoms with Crippen LogP contribution in [0.5, 0.6) is 5.75 Å². The van der Waals surface area contributed by atoms with Gasteiger partial charge in [-0.15, -0.1) is 0 Å². The van der Waals surface area contributed by atoms with E-state index >= 15 is 0 Å². The molecule has 0 aliphatic rings. The molecule has 0 spiro atoms. The van der Waals surface area contributed by atoms with E-state index in [1.807, 2.05) is 0 Å². The molecule has 0 aliphatic carbocycles. The molecule has 0 heterocycles. The Balaban J connectivity index is 2.39. The second-order valence-corrected chi connectivity index (χ2v) is 8.79. The number of nitro benzene ring substituents is 1. The molecule has 9 nitrogen and oxygen atoms in total. The van der Waals surface area contributed by atoms with Gasteiger partial charge in [-0.3, -0.25) is 19.2 Å².